The molecule has 1 N–H and O–H groups in total. The lowest BCUT2D eigenvalue weighted by Crippen LogP contribution is -2.41. The number of esters is 1. The van der Waals surface area contributed by atoms with Crippen molar-refractivity contribution in [2.75, 3.05) is 0 Å². The molecule has 1 amide bonds. The van der Waals surface area contributed by atoms with Crippen LogP contribution >= 0.6 is 0 Å². The monoisotopic (exact) mass is 367 g/mol. The molecule has 4 nitrogen and oxygen atoms in total. The van der Waals surface area contributed by atoms with Crippen LogP contribution < -0.4 is 5.32 Å². The van der Waals surface area contributed by atoms with Crippen LogP contribution in [0.1, 0.15) is 61.5 Å². The van der Waals surface area contributed by atoms with Gasteiger partial charge in [-0.1, -0.05) is 56.3 Å². The van der Waals surface area contributed by atoms with Gasteiger partial charge >= 0.3 is 5.97 Å². The molecule has 0 aliphatic rings. The molecule has 4 heteroatoms. The summed E-state index contributed by atoms with van der Waals surface area (Å²) in [5, 5.41) is 2.91. The predicted octanol–water partition coefficient (Wildman–Crippen LogP) is 4.49. The fourth-order valence-electron chi connectivity index (χ4n) is 2.75. The minimum absolute atomic E-state index is 0.00387. The minimum Gasteiger partial charge on any atom is -0.449 e. The van der Waals surface area contributed by atoms with Crippen LogP contribution in [-0.2, 0) is 16.0 Å². The molecule has 0 heterocycles. The fraction of sp³-hybridized carbons (Fsp3) is 0.391. The van der Waals surface area contributed by atoms with E-state index in [9.17, 15) is 9.59 Å². The molecule has 27 heavy (non-hydrogen) atoms. The van der Waals surface area contributed by atoms with E-state index in [1.807, 2.05) is 37.3 Å². The van der Waals surface area contributed by atoms with Gasteiger partial charge in [-0.05, 0) is 55.9 Å². The second-order valence-electron chi connectivity index (χ2n) is 7.26. The molecule has 2 atom stereocenters. The van der Waals surface area contributed by atoms with Crippen LogP contribution in [0.3, 0.4) is 0 Å². The topological polar surface area (TPSA) is 55.4 Å². The van der Waals surface area contributed by atoms with Gasteiger partial charge < -0.3 is 10.1 Å². The van der Waals surface area contributed by atoms with Crippen molar-refractivity contribution in [2.24, 2.45) is 0 Å². The lowest BCUT2D eigenvalue weighted by Gasteiger charge is -2.18. The molecule has 0 spiro atoms. The number of ether oxygens (including phenoxy) is 1. The second kappa shape index (κ2) is 9.91. The standard InChI is InChI=1S/C23H29NO3/c1-16(2)20-12-14-21(15-13-20)23(26)27-18(4)22(25)24-17(3)10-11-19-8-6-5-7-9-19/h5-9,12-18H,10-11H2,1-4H3,(H,24,25)/t17-,18-/m0/s1. The van der Waals surface area contributed by atoms with Crippen molar-refractivity contribution >= 4 is 11.9 Å². The van der Waals surface area contributed by atoms with Gasteiger partial charge in [0.2, 0.25) is 0 Å². The van der Waals surface area contributed by atoms with Crippen LogP contribution in [0.4, 0.5) is 0 Å². The summed E-state index contributed by atoms with van der Waals surface area (Å²) in [5.74, 6) is -0.357. The van der Waals surface area contributed by atoms with Crippen molar-refractivity contribution < 1.29 is 14.3 Å². The van der Waals surface area contributed by atoms with Crippen LogP contribution in [0.25, 0.3) is 0 Å². The maximum Gasteiger partial charge on any atom is 0.338 e. The highest BCUT2D eigenvalue weighted by Crippen LogP contribution is 2.15. The average molecular weight is 367 g/mol. The van der Waals surface area contributed by atoms with E-state index in [0.717, 1.165) is 18.4 Å². The predicted molar refractivity (Wildman–Crippen MR) is 108 cm³/mol. The summed E-state index contributed by atoms with van der Waals surface area (Å²) >= 11 is 0. The van der Waals surface area contributed by atoms with Crippen LogP contribution in [0.2, 0.25) is 0 Å². The van der Waals surface area contributed by atoms with Crippen molar-refractivity contribution in [3.8, 4) is 0 Å². The summed E-state index contributed by atoms with van der Waals surface area (Å²) in [6, 6.07) is 17.5. The van der Waals surface area contributed by atoms with E-state index >= 15 is 0 Å². The van der Waals surface area contributed by atoms with Gasteiger partial charge in [0.05, 0.1) is 5.56 Å². The number of benzene rings is 2. The van der Waals surface area contributed by atoms with Gasteiger partial charge in [0.25, 0.3) is 5.91 Å². The molecule has 0 saturated heterocycles. The number of carbonyl (C=O) groups excluding carboxylic acids is 2. The van der Waals surface area contributed by atoms with Gasteiger partial charge in [-0.2, -0.15) is 0 Å². The van der Waals surface area contributed by atoms with Gasteiger partial charge in [-0.3, -0.25) is 4.79 Å². The molecular weight excluding hydrogens is 338 g/mol. The lowest BCUT2D eigenvalue weighted by molar-refractivity contribution is -0.129. The zero-order valence-corrected chi connectivity index (χ0v) is 16.6. The third-order valence-corrected chi connectivity index (χ3v) is 4.56. The molecule has 144 valence electrons. The van der Waals surface area contributed by atoms with Gasteiger partial charge in [-0.15, -0.1) is 0 Å². The van der Waals surface area contributed by atoms with Crippen LogP contribution in [0.5, 0.6) is 0 Å². The Labute approximate surface area is 161 Å². The summed E-state index contributed by atoms with van der Waals surface area (Å²) in [5.41, 5.74) is 2.85. The lowest BCUT2D eigenvalue weighted by atomic mass is 10.0. The van der Waals surface area contributed by atoms with Crippen molar-refractivity contribution in [1.29, 1.82) is 0 Å². The SMILES string of the molecule is CC(C)c1ccc(C(=O)O[C@@H](C)C(=O)N[C@@H](C)CCc2ccccc2)cc1. The number of rotatable bonds is 8. The number of carbonyl (C=O) groups is 2. The Morgan fingerprint density at radius 1 is 0.926 bits per heavy atom. The van der Waals surface area contributed by atoms with Crippen LogP contribution in [0.15, 0.2) is 54.6 Å². The average Bonchev–Trinajstić information content (AvgIpc) is 2.67. The van der Waals surface area contributed by atoms with Crippen molar-refractivity contribution in [2.45, 2.75) is 58.6 Å². The molecule has 2 aromatic rings. The first-order valence-corrected chi connectivity index (χ1v) is 9.52. The van der Waals surface area contributed by atoms with E-state index in [1.165, 1.54) is 5.56 Å². The van der Waals surface area contributed by atoms with E-state index in [-0.39, 0.29) is 11.9 Å². The van der Waals surface area contributed by atoms with E-state index in [0.29, 0.717) is 11.5 Å². The molecule has 0 aliphatic carbocycles. The first-order valence-electron chi connectivity index (χ1n) is 9.52. The first-order chi connectivity index (χ1) is 12.9. The van der Waals surface area contributed by atoms with Gasteiger partial charge in [0, 0.05) is 6.04 Å². The number of hydrogen-bond donors (Lipinski definition) is 1. The molecule has 0 saturated carbocycles. The molecule has 0 aromatic heterocycles. The van der Waals surface area contributed by atoms with E-state index in [2.05, 4.69) is 31.3 Å². The van der Waals surface area contributed by atoms with Crippen LogP contribution in [0, 0.1) is 0 Å². The summed E-state index contributed by atoms with van der Waals surface area (Å²) in [6.45, 7) is 7.75. The molecule has 0 fully saturated rings. The zero-order chi connectivity index (χ0) is 19.8. The molecule has 0 aliphatic heterocycles. The van der Waals surface area contributed by atoms with Gasteiger partial charge in [0.15, 0.2) is 6.10 Å². The highest BCUT2D eigenvalue weighted by atomic mass is 16.5. The molecule has 2 aromatic carbocycles. The number of nitrogens with one attached hydrogen (secondary N) is 1. The third-order valence-electron chi connectivity index (χ3n) is 4.56. The van der Waals surface area contributed by atoms with Crippen molar-refractivity contribution in [3.05, 3.63) is 71.3 Å². The Bertz CT molecular complexity index is 738. The molecular formula is C23H29NO3. The number of aryl methyl sites for hydroxylation is 1. The number of hydrogen-bond acceptors (Lipinski definition) is 3. The Balaban J connectivity index is 1.80. The van der Waals surface area contributed by atoms with Crippen molar-refractivity contribution in [3.63, 3.8) is 0 Å². The maximum atomic E-state index is 12.3. The normalized spacial score (nSPS) is 13.1. The molecule has 2 rings (SSSR count). The molecule has 0 unspecified atom stereocenters. The summed E-state index contributed by atoms with van der Waals surface area (Å²) < 4.78 is 5.31. The van der Waals surface area contributed by atoms with Gasteiger partial charge in [0.1, 0.15) is 0 Å². The second-order valence-corrected chi connectivity index (χ2v) is 7.26. The Kier molecular flexibility index (Phi) is 7.59. The smallest absolute Gasteiger partial charge is 0.338 e. The largest absolute Gasteiger partial charge is 0.449 e. The summed E-state index contributed by atoms with van der Waals surface area (Å²) in [4.78, 5) is 24.5. The molecule has 0 radical (unpaired) electrons. The fourth-order valence-corrected chi connectivity index (χ4v) is 2.75. The summed E-state index contributed by atoms with van der Waals surface area (Å²) in [6.07, 6.45) is 0.882. The van der Waals surface area contributed by atoms with E-state index < -0.39 is 12.1 Å². The maximum absolute atomic E-state index is 12.3. The molecule has 0 bridgehead atoms. The van der Waals surface area contributed by atoms with Crippen molar-refractivity contribution in [1.82, 2.24) is 5.32 Å². The number of amides is 1. The minimum atomic E-state index is -0.832. The Hall–Kier alpha value is -2.62. The van der Waals surface area contributed by atoms with Crippen LogP contribution in [-0.4, -0.2) is 24.0 Å². The first kappa shape index (κ1) is 20.7. The highest BCUT2D eigenvalue weighted by molar-refractivity contribution is 5.92. The Morgan fingerprint density at radius 2 is 1.56 bits per heavy atom. The Morgan fingerprint density at radius 3 is 2.15 bits per heavy atom. The van der Waals surface area contributed by atoms with Gasteiger partial charge in [-0.25, -0.2) is 4.79 Å². The van der Waals surface area contributed by atoms with E-state index in [4.69, 9.17) is 4.74 Å². The van der Waals surface area contributed by atoms with E-state index in [1.54, 1.807) is 19.1 Å². The summed E-state index contributed by atoms with van der Waals surface area (Å²) in [7, 11) is 0. The third kappa shape index (κ3) is 6.55. The quantitative estimate of drug-likeness (QED) is 0.699. The zero-order valence-electron chi connectivity index (χ0n) is 16.6. The highest BCUT2D eigenvalue weighted by Gasteiger charge is 2.20.